The van der Waals surface area contributed by atoms with Gasteiger partial charge >= 0.3 is 5.97 Å². The molecule has 94 valence electrons. The number of carboxylic acid groups (broad SMARTS) is 1. The molecule has 0 spiro atoms. The van der Waals surface area contributed by atoms with Gasteiger partial charge in [-0.25, -0.2) is 4.79 Å². The van der Waals surface area contributed by atoms with Crippen LogP contribution in [-0.4, -0.2) is 40.4 Å². The Morgan fingerprint density at radius 1 is 1.47 bits per heavy atom. The van der Waals surface area contributed by atoms with Gasteiger partial charge < -0.3 is 16.2 Å². The summed E-state index contributed by atoms with van der Waals surface area (Å²) in [5, 5.41) is 19.3. The lowest BCUT2D eigenvalue weighted by molar-refractivity contribution is -0.141. The van der Waals surface area contributed by atoms with Gasteiger partial charge in [0.1, 0.15) is 6.04 Å². The molecule has 8 heteroatoms. The molecule has 0 bridgehead atoms. The van der Waals surface area contributed by atoms with Crippen LogP contribution < -0.4 is 11.1 Å². The fourth-order valence-electron chi connectivity index (χ4n) is 0.969. The molecule has 4 N–H and O–H groups in total. The lowest BCUT2D eigenvalue weighted by Gasteiger charge is -2.13. The van der Waals surface area contributed by atoms with Gasteiger partial charge in [0.15, 0.2) is 0 Å². The van der Waals surface area contributed by atoms with E-state index >= 15 is 0 Å². The molecular formula is C9H13N3O4S. The number of carboxylic acids is 1. The largest absolute Gasteiger partial charge is 0.480 e. The predicted octanol–water partition coefficient (Wildman–Crippen LogP) is -0.922. The fraction of sp³-hybridized carbons (Fsp3) is 0.556. The van der Waals surface area contributed by atoms with E-state index in [-0.39, 0.29) is 24.3 Å². The van der Waals surface area contributed by atoms with Crippen LogP contribution in [0.15, 0.2) is 0 Å². The molecule has 0 aromatic rings. The van der Waals surface area contributed by atoms with Gasteiger partial charge in [0.2, 0.25) is 11.8 Å². The van der Waals surface area contributed by atoms with E-state index in [4.69, 9.17) is 16.1 Å². The highest BCUT2D eigenvalue weighted by molar-refractivity contribution is 8.00. The molecule has 2 amide bonds. The Morgan fingerprint density at radius 2 is 2.12 bits per heavy atom. The molecule has 17 heavy (non-hydrogen) atoms. The second-order valence-electron chi connectivity index (χ2n) is 3.11. The predicted molar refractivity (Wildman–Crippen MR) is 60.9 cm³/mol. The van der Waals surface area contributed by atoms with Crippen molar-refractivity contribution in [2.24, 2.45) is 5.73 Å². The van der Waals surface area contributed by atoms with Crippen molar-refractivity contribution in [3.05, 3.63) is 0 Å². The third-order valence-electron chi connectivity index (χ3n) is 1.71. The number of carbonyl (C=O) groups is 3. The average molecular weight is 259 g/mol. The number of aliphatic carboxylic acids is 1. The van der Waals surface area contributed by atoms with E-state index in [0.29, 0.717) is 0 Å². The van der Waals surface area contributed by atoms with Crippen LogP contribution in [0.3, 0.4) is 0 Å². The van der Waals surface area contributed by atoms with E-state index in [2.05, 4.69) is 5.32 Å². The summed E-state index contributed by atoms with van der Waals surface area (Å²) < 4.78 is 0. The van der Waals surface area contributed by atoms with Gasteiger partial charge in [-0.3, -0.25) is 9.59 Å². The minimum atomic E-state index is -1.22. The topological polar surface area (TPSA) is 133 Å². The molecule has 0 aliphatic rings. The Bertz CT molecular complexity index is 340. The Hall–Kier alpha value is -1.75. The van der Waals surface area contributed by atoms with Gasteiger partial charge in [-0.05, 0) is 6.42 Å². The summed E-state index contributed by atoms with van der Waals surface area (Å²) in [7, 11) is 0. The van der Waals surface area contributed by atoms with Crippen LogP contribution in [0.5, 0.6) is 0 Å². The van der Waals surface area contributed by atoms with Crippen molar-refractivity contribution < 1.29 is 19.5 Å². The number of amides is 2. The third-order valence-corrected chi connectivity index (χ3v) is 2.51. The number of nitrogens with two attached hydrogens (primary N) is 1. The first kappa shape index (κ1) is 15.2. The highest BCUT2D eigenvalue weighted by Gasteiger charge is 2.20. The van der Waals surface area contributed by atoms with E-state index in [1.807, 2.05) is 6.07 Å². The molecule has 0 rings (SSSR count). The van der Waals surface area contributed by atoms with Crippen LogP contribution in [0, 0.1) is 11.3 Å². The number of primary amides is 1. The molecule has 1 atom stereocenters. The van der Waals surface area contributed by atoms with Crippen molar-refractivity contribution in [1.29, 1.82) is 5.26 Å². The normalized spacial score (nSPS) is 11.2. The number of hydrogen-bond acceptors (Lipinski definition) is 5. The van der Waals surface area contributed by atoms with Crippen LogP contribution in [0.25, 0.3) is 0 Å². The third kappa shape index (κ3) is 8.10. The van der Waals surface area contributed by atoms with Crippen LogP contribution in [-0.2, 0) is 14.4 Å². The van der Waals surface area contributed by atoms with Gasteiger partial charge in [0.05, 0.1) is 17.6 Å². The number of thioether (sulfide) groups is 1. The summed E-state index contributed by atoms with van der Waals surface area (Å²) in [6, 6.07) is 0.718. The highest BCUT2D eigenvalue weighted by atomic mass is 32.2. The molecule has 7 nitrogen and oxygen atoms in total. The summed E-state index contributed by atoms with van der Waals surface area (Å²) in [4.78, 5) is 32.5. The Labute approximate surface area is 102 Å². The number of carbonyl (C=O) groups excluding carboxylic acids is 2. The molecule has 0 aliphatic carbocycles. The molecule has 0 aromatic heterocycles. The zero-order chi connectivity index (χ0) is 13.3. The molecule has 0 unspecified atom stereocenters. The van der Waals surface area contributed by atoms with Crippen LogP contribution in [0.2, 0.25) is 0 Å². The van der Waals surface area contributed by atoms with Gasteiger partial charge in [-0.15, -0.1) is 11.8 Å². The maximum Gasteiger partial charge on any atom is 0.326 e. The first-order chi connectivity index (χ1) is 7.97. The van der Waals surface area contributed by atoms with Crippen LogP contribution in [0.4, 0.5) is 0 Å². The monoisotopic (exact) mass is 259 g/mol. The molecule has 0 saturated carbocycles. The maximum absolute atomic E-state index is 11.3. The summed E-state index contributed by atoms with van der Waals surface area (Å²) in [6.45, 7) is 0. The summed E-state index contributed by atoms with van der Waals surface area (Å²) in [6.07, 6.45) is -0.151. The smallest absolute Gasteiger partial charge is 0.326 e. The minimum absolute atomic E-state index is 0.00785. The van der Waals surface area contributed by atoms with E-state index in [1.54, 1.807) is 0 Å². The zero-order valence-corrected chi connectivity index (χ0v) is 9.83. The molecule has 0 heterocycles. The van der Waals surface area contributed by atoms with Crippen molar-refractivity contribution >= 4 is 29.5 Å². The lowest BCUT2D eigenvalue weighted by Crippen LogP contribution is -2.42. The molecular weight excluding hydrogens is 246 g/mol. The van der Waals surface area contributed by atoms with E-state index < -0.39 is 23.8 Å². The lowest BCUT2D eigenvalue weighted by atomic mass is 10.1. The van der Waals surface area contributed by atoms with Gasteiger partial charge in [-0.2, -0.15) is 5.26 Å². The molecule has 0 aliphatic heterocycles. The highest BCUT2D eigenvalue weighted by Crippen LogP contribution is 2.01. The SMILES string of the molecule is N#CCSCC(=O)N[C@H](CCC(N)=O)C(=O)O. The Kier molecular flexibility index (Phi) is 7.54. The van der Waals surface area contributed by atoms with E-state index in [0.717, 1.165) is 11.8 Å². The van der Waals surface area contributed by atoms with Gasteiger partial charge in [-0.1, -0.05) is 0 Å². The fourth-order valence-corrected chi connectivity index (χ4v) is 1.43. The summed E-state index contributed by atoms with van der Waals surface area (Å²) in [5.74, 6) is -2.16. The standard InChI is InChI=1S/C9H13N3O4S/c10-3-4-17-5-8(14)12-6(9(15)16)1-2-7(11)13/h6H,1-2,4-5H2,(H2,11,13)(H,12,14)(H,15,16)/t6-/m1/s1. The number of nitriles is 1. The average Bonchev–Trinajstić information content (AvgIpc) is 2.23. The van der Waals surface area contributed by atoms with Gasteiger partial charge in [0, 0.05) is 6.42 Å². The van der Waals surface area contributed by atoms with Crippen molar-refractivity contribution in [1.82, 2.24) is 5.32 Å². The number of hydrogen-bond donors (Lipinski definition) is 3. The molecule has 0 fully saturated rings. The minimum Gasteiger partial charge on any atom is -0.480 e. The molecule has 0 saturated heterocycles. The maximum atomic E-state index is 11.3. The number of rotatable bonds is 8. The summed E-state index contributed by atoms with van der Waals surface area (Å²) in [5.41, 5.74) is 4.89. The van der Waals surface area contributed by atoms with Crippen molar-refractivity contribution in [3.8, 4) is 6.07 Å². The number of nitrogens with one attached hydrogen (secondary N) is 1. The van der Waals surface area contributed by atoms with E-state index in [1.165, 1.54) is 0 Å². The van der Waals surface area contributed by atoms with Crippen molar-refractivity contribution in [2.45, 2.75) is 18.9 Å². The molecule has 0 radical (unpaired) electrons. The Morgan fingerprint density at radius 3 is 2.59 bits per heavy atom. The van der Waals surface area contributed by atoms with Crippen LogP contribution >= 0.6 is 11.8 Å². The molecule has 0 aromatic carbocycles. The quantitative estimate of drug-likeness (QED) is 0.483. The van der Waals surface area contributed by atoms with Crippen molar-refractivity contribution in [2.75, 3.05) is 11.5 Å². The Balaban J connectivity index is 4.07. The van der Waals surface area contributed by atoms with Crippen LogP contribution in [0.1, 0.15) is 12.8 Å². The second kappa shape index (κ2) is 8.41. The van der Waals surface area contributed by atoms with E-state index in [9.17, 15) is 14.4 Å². The summed E-state index contributed by atoms with van der Waals surface area (Å²) >= 11 is 1.08. The number of nitrogens with zero attached hydrogens (tertiary/aromatic N) is 1. The zero-order valence-electron chi connectivity index (χ0n) is 9.01. The van der Waals surface area contributed by atoms with Gasteiger partial charge in [0.25, 0.3) is 0 Å². The first-order valence-electron chi connectivity index (χ1n) is 4.72. The van der Waals surface area contributed by atoms with Crippen molar-refractivity contribution in [3.63, 3.8) is 0 Å². The first-order valence-corrected chi connectivity index (χ1v) is 5.88. The second-order valence-corrected chi connectivity index (χ2v) is 4.10.